The maximum atomic E-state index is 12.3. The van der Waals surface area contributed by atoms with Crippen LogP contribution in [0.4, 0.5) is 0 Å². The third-order valence-electron chi connectivity index (χ3n) is 4.00. The van der Waals surface area contributed by atoms with Gasteiger partial charge in [0.05, 0.1) is 25.5 Å². The van der Waals surface area contributed by atoms with Crippen LogP contribution >= 0.6 is 0 Å². The van der Waals surface area contributed by atoms with Crippen molar-refractivity contribution in [3.05, 3.63) is 35.9 Å². The molecule has 0 bridgehead atoms. The van der Waals surface area contributed by atoms with Gasteiger partial charge < -0.3 is 19.6 Å². The molecule has 1 atom stereocenters. The molecular formula is C15H19N3O4. The van der Waals surface area contributed by atoms with Crippen molar-refractivity contribution >= 4 is 5.91 Å². The predicted molar refractivity (Wildman–Crippen MR) is 77.4 cm³/mol. The van der Waals surface area contributed by atoms with E-state index in [0.717, 1.165) is 5.56 Å². The van der Waals surface area contributed by atoms with Gasteiger partial charge in [0, 0.05) is 24.9 Å². The van der Waals surface area contributed by atoms with E-state index in [1.165, 1.54) is 7.11 Å². The van der Waals surface area contributed by atoms with Crippen molar-refractivity contribution in [3.63, 3.8) is 0 Å². The quantitative estimate of drug-likeness (QED) is 0.868. The summed E-state index contributed by atoms with van der Waals surface area (Å²) in [6.45, 7) is 0. The summed E-state index contributed by atoms with van der Waals surface area (Å²) in [6.07, 6.45) is 4.66. The molecule has 0 spiro atoms. The van der Waals surface area contributed by atoms with Gasteiger partial charge in [-0.1, -0.05) is 0 Å². The van der Waals surface area contributed by atoms with Crippen molar-refractivity contribution < 1.29 is 19.1 Å². The largest absolute Gasteiger partial charge is 0.468 e. The first-order valence-electron chi connectivity index (χ1n) is 7.18. The first-order chi connectivity index (χ1) is 10.6. The Kier molecular flexibility index (Phi) is 3.89. The second-order valence-electron chi connectivity index (χ2n) is 5.61. The minimum Gasteiger partial charge on any atom is -0.468 e. The van der Waals surface area contributed by atoms with Crippen molar-refractivity contribution in [1.29, 1.82) is 0 Å². The number of nitrogens with one attached hydrogen (secondary N) is 1. The van der Waals surface area contributed by atoms with E-state index in [0.29, 0.717) is 18.8 Å². The van der Waals surface area contributed by atoms with Crippen molar-refractivity contribution in [1.82, 2.24) is 15.1 Å². The maximum Gasteiger partial charge on any atom is 0.287 e. The number of ether oxygens (including phenoxy) is 1. The molecule has 7 nitrogen and oxygen atoms in total. The molecular weight excluding hydrogens is 286 g/mol. The van der Waals surface area contributed by atoms with E-state index in [1.54, 1.807) is 23.0 Å². The highest BCUT2D eigenvalue weighted by atomic mass is 16.6. The standard InChI is InChI=1S/C15H19N3O4/c1-18-8-10(7-16-18)14(9-5-11(19)6-9)17-15(20)12-3-4-13(21-2)22-12/h3-4,7-9,11,14,19H,5-6H2,1-2H3,(H,17,20)/t9?,11?,14-/m1/s1. The number of aliphatic hydroxyl groups is 1. The van der Waals surface area contributed by atoms with E-state index in [9.17, 15) is 9.90 Å². The maximum absolute atomic E-state index is 12.3. The lowest BCUT2D eigenvalue weighted by Crippen LogP contribution is -2.41. The van der Waals surface area contributed by atoms with Gasteiger partial charge in [-0.15, -0.1) is 0 Å². The Balaban J connectivity index is 1.76. The summed E-state index contributed by atoms with van der Waals surface area (Å²) in [5.74, 6) is 0.381. The van der Waals surface area contributed by atoms with E-state index < -0.39 is 0 Å². The van der Waals surface area contributed by atoms with Crippen LogP contribution in [0.1, 0.15) is 35.0 Å². The Labute approximate surface area is 127 Å². The van der Waals surface area contributed by atoms with Gasteiger partial charge in [-0.3, -0.25) is 9.48 Å². The Bertz CT molecular complexity index is 657. The van der Waals surface area contributed by atoms with Crippen LogP contribution in [0.25, 0.3) is 0 Å². The molecule has 22 heavy (non-hydrogen) atoms. The zero-order valence-corrected chi connectivity index (χ0v) is 12.5. The molecule has 7 heteroatoms. The molecule has 1 fully saturated rings. The van der Waals surface area contributed by atoms with Gasteiger partial charge in [-0.05, 0) is 24.8 Å². The monoisotopic (exact) mass is 305 g/mol. The average Bonchev–Trinajstić information content (AvgIpc) is 3.10. The SMILES string of the molecule is COc1ccc(C(=O)N[C@@H](c2cnn(C)c2)C2CC(O)C2)o1. The Hall–Kier alpha value is -2.28. The summed E-state index contributed by atoms with van der Waals surface area (Å²) < 4.78 is 11.9. The molecule has 0 aromatic carbocycles. The summed E-state index contributed by atoms with van der Waals surface area (Å²) in [5, 5.41) is 16.7. The highest BCUT2D eigenvalue weighted by Gasteiger charge is 2.36. The number of hydrogen-bond donors (Lipinski definition) is 2. The molecule has 1 amide bonds. The number of methoxy groups -OCH3 is 1. The van der Waals surface area contributed by atoms with Crippen LogP contribution in [0.2, 0.25) is 0 Å². The van der Waals surface area contributed by atoms with Crippen molar-refractivity contribution in [2.24, 2.45) is 13.0 Å². The van der Waals surface area contributed by atoms with Crippen molar-refractivity contribution in [3.8, 4) is 5.95 Å². The number of hydrogen-bond acceptors (Lipinski definition) is 5. The smallest absolute Gasteiger partial charge is 0.287 e. The molecule has 2 heterocycles. The molecule has 1 aliphatic carbocycles. The van der Waals surface area contributed by atoms with Gasteiger partial charge in [-0.25, -0.2) is 0 Å². The molecule has 2 aromatic heterocycles. The number of aromatic nitrogens is 2. The molecule has 0 radical (unpaired) electrons. The van der Waals surface area contributed by atoms with Crippen LogP contribution in [0.3, 0.4) is 0 Å². The fourth-order valence-corrected chi connectivity index (χ4v) is 2.74. The number of furan rings is 1. The van der Waals surface area contributed by atoms with Gasteiger partial charge >= 0.3 is 0 Å². The molecule has 0 aliphatic heterocycles. The summed E-state index contributed by atoms with van der Waals surface area (Å²) in [6, 6.07) is 2.98. The van der Waals surface area contributed by atoms with Crippen LogP contribution in [-0.4, -0.2) is 34.0 Å². The van der Waals surface area contributed by atoms with Crippen LogP contribution in [0.5, 0.6) is 5.95 Å². The van der Waals surface area contributed by atoms with Gasteiger partial charge in [-0.2, -0.15) is 5.10 Å². The number of nitrogens with zero attached hydrogens (tertiary/aromatic N) is 2. The van der Waals surface area contributed by atoms with E-state index in [1.807, 2.05) is 13.2 Å². The number of carbonyl (C=O) groups excluding carboxylic acids is 1. The average molecular weight is 305 g/mol. The normalized spacial score (nSPS) is 22.0. The first kappa shape index (κ1) is 14.6. The van der Waals surface area contributed by atoms with E-state index in [-0.39, 0.29) is 29.7 Å². The van der Waals surface area contributed by atoms with Crippen LogP contribution in [0, 0.1) is 5.92 Å². The van der Waals surface area contributed by atoms with Crippen molar-refractivity contribution in [2.45, 2.75) is 25.0 Å². The second kappa shape index (κ2) is 5.84. The lowest BCUT2D eigenvalue weighted by Gasteiger charge is -2.37. The third kappa shape index (κ3) is 2.85. The van der Waals surface area contributed by atoms with Crippen LogP contribution in [0.15, 0.2) is 28.9 Å². The molecule has 1 saturated carbocycles. The minimum absolute atomic E-state index is 0.194. The predicted octanol–water partition coefficient (Wildman–Crippen LogP) is 1.26. The summed E-state index contributed by atoms with van der Waals surface area (Å²) >= 11 is 0. The number of carbonyl (C=O) groups is 1. The lowest BCUT2D eigenvalue weighted by molar-refractivity contribution is 0.0232. The van der Waals surface area contributed by atoms with Crippen LogP contribution < -0.4 is 10.1 Å². The Morgan fingerprint density at radius 2 is 2.32 bits per heavy atom. The number of aryl methyl sites for hydroxylation is 1. The zero-order chi connectivity index (χ0) is 15.7. The topological polar surface area (TPSA) is 89.5 Å². The summed E-state index contributed by atoms with van der Waals surface area (Å²) in [5.41, 5.74) is 0.922. The first-order valence-corrected chi connectivity index (χ1v) is 7.18. The molecule has 1 aliphatic rings. The highest BCUT2D eigenvalue weighted by molar-refractivity contribution is 5.91. The second-order valence-corrected chi connectivity index (χ2v) is 5.61. The summed E-state index contributed by atoms with van der Waals surface area (Å²) in [7, 11) is 3.31. The third-order valence-corrected chi connectivity index (χ3v) is 4.00. The van der Waals surface area contributed by atoms with Gasteiger partial charge in [0.2, 0.25) is 0 Å². The fraction of sp³-hybridized carbons (Fsp3) is 0.467. The lowest BCUT2D eigenvalue weighted by atomic mass is 9.75. The molecule has 3 rings (SSSR count). The van der Waals surface area contributed by atoms with Crippen molar-refractivity contribution in [2.75, 3.05) is 7.11 Å². The molecule has 0 unspecified atom stereocenters. The molecule has 2 N–H and O–H groups in total. The van der Waals surface area contributed by atoms with E-state index in [2.05, 4.69) is 10.4 Å². The number of amides is 1. The van der Waals surface area contributed by atoms with Gasteiger partial charge in [0.15, 0.2) is 5.76 Å². The Morgan fingerprint density at radius 1 is 1.55 bits per heavy atom. The molecule has 2 aromatic rings. The fourth-order valence-electron chi connectivity index (χ4n) is 2.74. The molecule has 0 saturated heterocycles. The van der Waals surface area contributed by atoms with E-state index >= 15 is 0 Å². The number of aliphatic hydroxyl groups excluding tert-OH is 1. The van der Waals surface area contributed by atoms with Gasteiger partial charge in [0.25, 0.3) is 11.9 Å². The molecule has 118 valence electrons. The van der Waals surface area contributed by atoms with Gasteiger partial charge in [0.1, 0.15) is 0 Å². The zero-order valence-electron chi connectivity index (χ0n) is 12.5. The number of rotatable bonds is 5. The Morgan fingerprint density at radius 3 is 2.86 bits per heavy atom. The minimum atomic E-state index is -0.307. The highest BCUT2D eigenvalue weighted by Crippen LogP contribution is 2.38. The summed E-state index contributed by atoms with van der Waals surface area (Å²) in [4.78, 5) is 12.3. The van der Waals surface area contributed by atoms with E-state index in [4.69, 9.17) is 9.15 Å². The van der Waals surface area contributed by atoms with Crippen LogP contribution in [-0.2, 0) is 7.05 Å².